The van der Waals surface area contributed by atoms with Crippen LogP contribution in [0, 0.1) is 17.5 Å². The molecule has 0 amide bonds. The highest BCUT2D eigenvalue weighted by Crippen LogP contribution is 2.26. The second-order valence-electron chi connectivity index (χ2n) is 5.46. The van der Waals surface area contributed by atoms with Crippen molar-refractivity contribution in [3.05, 3.63) is 69.4 Å². The summed E-state index contributed by atoms with van der Waals surface area (Å²) in [5, 5.41) is 0. The van der Waals surface area contributed by atoms with Crippen LogP contribution in [0.5, 0.6) is 0 Å². The van der Waals surface area contributed by atoms with Gasteiger partial charge >= 0.3 is 0 Å². The van der Waals surface area contributed by atoms with E-state index in [1.54, 1.807) is 19.1 Å². The molecule has 1 atom stereocenters. The van der Waals surface area contributed by atoms with E-state index in [-0.39, 0.29) is 22.3 Å². The molecule has 2 rings (SSSR count). The fourth-order valence-electron chi connectivity index (χ4n) is 2.31. The van der Waals surface area contributed by atoms with Gasteiger partial charge in [-0.25, -0.2) is 13.2 Å². The highest BCUT2D eigenvalue weighted by atomic mass is 79.9. The SMILES string of the molecule is CC(N)(Cc1cccc(F)c1)Cc1c(F)ccc(Br)c1F. The summed E-state index contributed by atoms with van der Waals surface area (Å²) in [6.07, 6.45) is 0.330. The average Bonchev–Trinajstić information content (AvgIpc) is 2.39. The molecule has 0 heterocycles. The zero-order valence-electron chi connectivity index (χ0n) is 11.5. The summed E-state index contributed by atoms with van der Waals surface area (Å²) in [7, 11) is 0. The van der Waals surface area contributed by atoms with Crippen molar-refractivity contribution in [2.24, 2.45) is 5.73 Å². The minimum absolute atomic E-state index is 0.0145. The minimum Gasteiger partial charge on any atom is -0.325 e. The van der Waals surface area contributed by atoms with Gasteiger partial charge in [-0.3, -0.25) is 0 Å². The molecule has 112 valence electrons. The zero-order chi connectivity index (χ0) is 15.6. The third kappa shape index (κ3) is 4.08. The summed E-state index contributed by atoms with van der Waals surface area (Å²) in [6.45, 7) is 1.69. The second kappa shape index (κ2) is 6.20. The summed E-state index contributed by atoms with van der Waals surface area (Å²) in [6, 6.07) is 8.54. The van der Waals surface area contributed by atoms with Crippen molar-refractivity contribution in [2.45, 2.75) is 25.3 Å². The molecule has 0 fully saturated rings. The Labute approximate surface area is 130 Å². The molecule has 0 aliphatic rings. The molecule has 5 heteroatoms. The van der Waals surface area contributed by atoms with E-state index in [0.717, 1.165) is 0 Å². The Kier molecular flexibility index (Phi) is 4.74. The fraction of sp³-hybridized carbons (Fsp3) is 0.250. The van der Waals surface area contributed by atoms with Gasteiger partial charge in [0, 0.05) is 11.1 Å². The van der Waals surface area contributed by atoms with Gasteiger partial charge in [-0.05, 0) is 65.5 Å². The maximum absolute atomic E-state index is 14.0. The summed E-state index contributed by atoms with van der Waals surface area (Å²) >= 11 is 3.03. The smallest absolute Gasteiger partial charge is 0.143 e. The maximum Gasteiger partial charge on any atom is 0.143 e. The van der Waals surface area contributed by atoms with Crippen molar-refractivity contribution in [3.63, 3.8) is 0 Å². The van der Waals surface area contributed by atoms with Gasteiger partial charge in [0.2, 0.25) is 0 Å². The molecule has 1 unspecified atom stereocenters. The predicted octanol–water partition coefficient (Wildman–Crippen LogP) is 4.37. The Morgan fingerprint density at radius 2 is 1.81 bits per heavy atom. The van der Waals surface area contributed by atoms with Crippen molar-refractivity contribution < 1.29 is 13.2 Å². The van der Waals surface area contributed by atoms with E-state index in [1.807, 2.05) is 0 Å². The first-order valence-corrected chi connectivity index (χ1v) is 7.23. The first-order chi connectivity index (χ1) is 9.78. The lowest BCUT2D eigenvalue weighted by atomic mass is 9.87. The Morgan fingerprint density at radius 3 is 2.48 bits per heavy atom. The molecule has 0 aliphatic heterocycles. The van der Waals surface area contributed by atoms with Crippen LogP contribution in [0.15, 0.2) is 40.9 Å². The van der Waals surface area contributed by atoms with Gasteiger partial charge in [-0.2, -0.15) is 0 Å². The highest BCUT2D eigenvalue weighted by molar-refractivity contribution is 9.10. The van der Waals surface area contributed by atoms with Crippen LogP contribution in [0.3, 0.4) is 0 Å². The summed E-state index contributed by atoms with van der Waals surface area (Å²) < 4.78 is 41.2. The van der Waals surface area contributed by atoms with Crippen molar-refractivity contribution in [1.82, 2.24) is 0 Å². The maximum atomic E-state index is 14.0. The molecule has 1 nitrogen and oxygen atoms in total. The molecular formula is C16H15BrF3N. The Hall–Kier alpha value is -1.33. The van der Waals surface area contributed by atoms with E-state index in [2.05, 4.69) is 15.9 Å². The van der Waals surface area contributed by atoms with Crippen LogP contribution in [0.1, 0.15) is 18.1 Å². The molecule has 0 spiro atoms. The van der Waals surface area contributed by atoms with E-state index in [0.29, 0.717) is 12.0 Å². The monoisotopic (exact) mass is 357 g/mol. The summed E-state index contributed by atoms with van der Waals surface area (Å²) in [5.74, 6) is -1.64. The van der Waals surface area contributed by atoms with Crippen LogP contribution in [-0.2, 0) is 12.8 Å². The van der Waals surface area contributed by atoms with Crippen molar-refractivity contribution >= 4 is 15.9 Å². The van der Waals surface area contributed by atoms with E-state index in [4.69, 9.17) is 5.73 Å². The third-order valence-electron chi connectivity index (χ3n) is 3.22. The van der Waals surface area contributed by atoms with Crippen LogP contribution < -0.4 is 5.73 Å². The molecule has 0 radical (unpaired) electrons. The molecule has 0 aromatic heterocycles. The lowest BCUT2D eigenvalue weighted by molar-refractivity contribution is 0.434. The van der Waals surface area contributed by atoms with E-state index < -0.39 is 17.2 Å². The van der Waals surface area contributed by atoms with Crippen LogP contribution >= 0.6 is 15.9 Å². The number of hydrogen-bond donors (Lipinski definition) is 1. The Bertz CT molecular complexity index is 656. The standard InChI is InChI=1S/C16H15BrF3N/c1-16(21,8-10-3-2-4-11(18)7-10)9-12-14(19)6-5-13(17)15(12)20/h2-7H,8-9,21H2,1H3. The Morgan fingerprint density at radius 1 is 1.10 bits per heavy atom. The number of halogens is 4. The fourth-order valence-corrected chi connectivity index (χ4v) is 2.68. The number of hydrogen-bond acceptors (Lipinski definition) is 1. The molecule has 0 saturated carbocycles. The van der Waals surface area contributed by atoms with Crippen molar-refractivity contribution in [1.29, 1.82) is 0 Å². The van der Waals surface area contributed by atoms with Gasteiger partial charge in [-0.1, -0.05) is 12.1 Å². The zero-order valence-corrected chi connectivity index (χ0v) is 13.1. The van der Waals surface area contributed by atoms with E-state index in [1.165, 1.54) is 24.3 Å². The topological polar surface area (TPSA) is 26.0 Å². The average molecular weight is 358 g/mol. The molecule has 2 aromatic carbocycles. The third-order valence-corrected chi connectivity index (χ3v) is 3.83. The minimum atomic E-state index is -0.893. The normalized spacial score (nSPS) is 14.0. The summed E-state index contributed by atoms with van der Waals surface area (Å²) in [5.41, 5.74) is 5.88. The van der Waals surface area contributed by atoms with Gasteiger partial charge in [0.1, 0.15) is 17.5 Å². The first-order valence-electron chi connectivity index (χ1n) is 6.44. The molecule has 0 bridgehead atoms. The number of rotatable bonds is 4. The van der Waals surface area contributed by atoms with Crippen LogP contribution in [0.25, 0.3) is 0 Å². The lowest BCUT2D eigenvalue weighted by Crippen LogP contribution is -2.41. The Balaban J connectivity index is 2.23. The van der Waals surface area contributed by atoms with Gasteiger partial charge < -0.3 is 5.73 Å². The molecular weight excluding hydrogens is 343 g/mol. The summed E-state index contributed by atoms with van der Waals surface area (Å²) in [4.78, 5) is 0. The van der Waals surface area contributed by atoms with Crippen molar-refractivity contribution in [3.8, 4) is 0 Å². The largest absolute Gasteiger partial charge is 0.325 e. The highest BCUT2D eigenvalue weighted by Gasteiger charge is 2.24. The van der Waals surface area contributed by atoms with E-state index in [9.17, 15) is 13.2 Å². The van der Waals surface area contributed by atoms with Gasteiger partial charge in [0.05, 0.1) is 4.47 Å². The van der Waals surface area contributed by atoms with Crippen LogP contribution in [0.4, 0.5) is 13.2 Å². The van der Waals surface area contributed by atoms with Crippen molar-refractivity contribution in [2.75, 3.05) is 0 Å². The molecule has 0 saturated heterocycles. The van der Waals surface area contributed by atoms with Gasteiger partial charge in [0.25, 0.3) is 0 Å². The van der Waals surface area contributed by atoms with Crippen LogP contribution in [-0.4, -0.2) is 5.54 Å². The predicted molar refractivity (Wildman–Crippen MR) is 80.5 cm³/mol. The molecule has 2 N–H and O–H groups in total. The lowest BCUT2D eigenvalue weighted by Gasteiger charge is -2.25. The second-order valence-corrected chi connectivity index (χ2v) is 6.31. The molecule has 21 heavy (non-hydrogen) atoms. The number of benzene rings is 2. The van der Waals surface area contributed by atoms with Gasteiger partial charge in [0.15, 0.2) is 0 Å². The van der Waals surface area contributed by atoms with Crippen LogP contribution in [0.2, 0.25) is 0 Å². The number of nitrogens with two attached hydrogens (primary N) is 1. The first kappa shape index (κ1) is 16.0. The quantitative estimate of drug-likeness (QED) is 0.807. The molecule has 0 aliphatic carbocycles. The molecule has 2 aromatic rings. The van der Waals surface area contributed by atoms with E-state index >= 15 is 0 Å². The van der Waals surface area contributed by atoms with Gasteiger partial charge in [-0.15, -0.1) is 0 Å².